The minimum atomic E-state index is -0.348. The van der Waals surface area contributed by atoms with Gasteiger partial charge in [0.2, 0.25) is 0 Å². The molecule has 5 rings (SSSR count). The minimum Gasteiger partial charge on any atom is -0.382 e. The number of fused-ring (bicyclic) bond motifs is 1. The first-order valence-electron chi connectivity index (χ1n) is 11.5. The minimum absolute atomic E-state index is 0.0317. The Morgan fingerprint density at radius 1 is 1.00 bits per heavy atom. The molecule has 0 unspecified atom stereocenters. The summed E-state index contributed by atoms with van der Waals surface area (Å²) >= 11 is 0. The van der Waals surface area contributed by atoms with Gasteiger partial charge in [-0.1, -0.05) is 30.3 Å². The molecule has 2 aromatic carbocycles. The second-order valence-corrected chi connectivity index (χ2v) is 8.46. The molecule has 0 radical (unpaired) electrons. The molecule has 9 nitrogen and oxygen atoms in total. The van der Waals surface area contributed by atoms with E-state index in [9.17, 15) is 9.59 Å². The summed E-state index contributed by atoms with van der Waals surface area (Å²) in [6.07, 6.45) is 4.97. The third-order valence-electron chi connectivity index (χ3n) is 5.92. The molecule has 1 aliphatic heterocycles. The molecule has 176 valence electrons. The van der Waals surface area contributed by atoms with Crippen LogP contribution in [0.2, 0.25) is 0 Å². The SMILES string of the molecule is Nc1ncc(-c2cccc(NC(=O)c3cnc4ccccc4c3)c2)nc1C(=O)N[C@H]1CCCNC1. The number of carbonyl (C=O) groups is 2. The van der Waals surface area contributed by atoms with Crippen molar-refractivity contribution in [2.24, 2.45) is 0 Å². The van der Waals surface area contributed by atoms with Gasteiger partial charge in [0.15, 0.2) is 11.5 Å². The van der Waals surface area contributed by atoms with Gasteiger partial charge in [0.25, 0.3) is 11.8 Å². The molecule has 0 bridgehead atoms. The van der Waals surface area contributed by atoms with Gasteiger partial charge < -0.3 is 21.7 Å². The molecule has 0 aliphatic carbocycles. The van der Waals surface area contributed by atoms with Crippen LogP contribution in [0.1, 0.15) is 33.7 Å². The number of hydrogen-bond donors (Lipinski definition) is 4. The van der Waals surface area contributed by atoms with Crippen LogP contribution in [0.4, 0.5) is 11.5 Å². The normalized spacial score (nSPS) is 15.5. The Morgan fingerprint density at radius 2 is 1.89 bits per heavy atom. The van der Waals surface area contributed by atoms with Crippen LogP contribution in [0, 0.1) is 0 Å². The van der Waals surface area contributed by atoms with Crippen molar-refractivity contribution in [1.82, 2.24) is 25.6 Å². The highest BCUT2D eigenvalue weighted by Crippen LogP contribution is 2.23. The lowest BCUT2D eigenvalue weighted by atomic mass is 10.1. The van der Waals surface area contributed by atoms with Crippen LogP contribution in [0.3, 0.4) is 0 Å². The van der Waals surface area contributed by atoms with E-state index in [-0.39, 0.29) is 29.4 Å². The molecule has 1 aliphatic rings. The monoisotopic (exact) mass is 467 g/mol. The molecule has 1 fully saturated rings. The maximum atomic E-state index is 12.8. The number of amides is 2. The predicted molar refractivity (Wildman–Crippen MR) is 135 cm³/mol. The Kier molecular flexibility index (Phi) is 6.32. The van der Waals surface area contributed by atoms with Crippen LogP contribution in [0.15, 0.2) is 67.0 Å². The van der Waals surface area contributed by atoms with E-state index in [0.29, 0.717) is 29.1 Å². The fourth-order valence-corrected chi connectivity index (χ4v) is 4.09. The third kappa shape index (κ3) is 5.10. The van der Waals surface area contributed by atoms with Gasteiger partial charge in [0, 0.05) is 35.4 Å². The fraction of sp³-hybridized carbons (Fsp3) is 0.192. The number of nitrogens with two attached hydrogens (primary N) is 1. The van der Waals surface area contributed by atoms with Gasteiger partial charge in [0.05, 0.1) is 23.0 Å². The Labute approximate surface area is 202 Å². The molecule has 3 heterocycles. The van der Waals surface area contributed by atoms with Crippen LogP contribution in [-0.4, -0.2) is 45.9 Å². The second kappa shape index (κ2) is 9.86. The first kappa shape index (κ1) is 22.4. The average Bonchev–Trinajstić information content (AvgIpc) is 2.89. The van der Waals surface area contributed by atoms with Crippen LogP contribution >= 0.6 is 0 Å². The number of nitrogens with one attached hydrogen (secondary N) is 3. The number of anilines is 2. The smallest absolute Gasteiger partial charge is 0.274 e. The van der Waals surface area contributed by atoms with Gasteiger partial charge in [-0.3, -0.25) is 14.6 Å². The number of nitrogens with zero attached hydrogens (tertiary/aromatic N) is 3. The molecule has 0 spiro atoms. The molecule has 1 atom stereocenters. The molecule has 0 saturated carbocycles. The molecule has 2 amide bonds. The molecular weight excluding hydrogens is 442 g/mol. The summed E-state index contributed by atoms with van der Waals surface area (Å²) in [5.74, 6) is -0.549. The number of para-hydroxylation sites is 1. The van der Waals surface area contributed by atoms with Crippen molar-refractivity contribution in [3.05, 3.63) is 78.2 Å². The number of rotatable bonds is 5. The zero-order chi connectivity index (χ0) is 24.2. The second-order valence-electron chi connectivity index (χ2n) is 8.46. The van der Waals surface area contributed by atoms with Crippen LogP contribution < -0.4 is 21.7 Å². The Morgan fingerprint density at radius 3 is 2.74 bits per heavy atom. The first-order chi connectivity index (χ1) is 17.1. The van der Waals surface area contributed by atoms with Crippen molar-refractivity contribution >= 4 is 34.2 Å². The lowest BCUT2D eigenvalue weighted by molar-refractivity contribution is 0.0925. The number of aromatic nitrogens is 3. The quantitative estimate of drug-likeness (QED) is 0.354. The van der Waals surface area contributed by atoms with Gasteiger partial charge in [0.1, 0.15) is 0 Å². The summed E-state index contributed by atoms with van der Waals surface area (Å²) in [7, 11) is 0. The molecule has 2 aromatic heterocycles. The maximum Gasteiger partial charge on any atom is 0.274 e. The average molecular weight is 468 g/mol. The molecule has 4 aromatic rings. The largest absolute Gasteiger partial charge is 0.382 e. The molecule has 5 N–H and O–H groups in total. The first-order valence-corrected chi connectivity index (χ1v) is 11.5. The van der Waals surface area contributed by atoms with Gasteiger partial charge in [-0.05, 0) is 43.7 Å². The third-order valence-corrected chi connectivity index (χ3v) is 5.92. The summed E-state index contributed by atoms with van der Waals surface area (Å²) in [5, 5.41) is 10.0. The zero-order valence-corrected chi connectivity index (χ0v) is 19.0. The van der Waals surface area contributed by atoms with Gasteiger partial charge >= 0.3 is 0 Å². The van der Waals surface area contributed by atoms with Crippen molar-refractivity contribution in [1.29, 1.82) is 0 Å². The van der Waals surface area contributed by atoms with E-state index in [1.54, 1.807) is 30.5 Å². The predicted octanol–water partition coefficient (Wildman–Crippen LogP) is 3.01. The molecule has 1 saturated heterocycles. The Balaban J connectivity index is 1.34. The fourth-order valence-electron chi connectivity index (χ4n) is 4.09. The highest BCUT2D eigenvalue weighted by molar-refractivity contribution is 6.06. The van der Waals surface area contributed by atoms with Crippen molar-refractivity contribution < 1.29 is 9.59 Å². The van der Waals surface area contributed by atoms with Crippen LogP contribution in [0.25, 0.3) is 22.2 Å². The molecule has 35 heavy (non-hydrogen) atoms. The number of pyridine rings is 1. The van der Waals surface area contributed by atoms with Crippen LogP contribution in [-0.2, 0) is 0 Å². The van der Waals surface area contributed by atoms with E-state index in [2.05, 4.69) is 30.9 Å². The number of benzene rings is 2. The van der Waals surface area contributed by atoms with Gasteiger partial charge in [-0.2, -0.15) is 0 Å². The number of carbonyl (C=O) groups excluding carboxylic acids is 2. The zero-order valence-electron chi connectivity index (χ0n) is 19.0. The van der Waals surface area contributed by atoms with E-state index in [0.717, 1.165) is 30.3 Å². The number of piperidine rings is 1. The number of nitrogen functional groups attached to an aromatic ring is 1. The lowest BCUT2D eigenvalue weighted by Crippen LogP contribution is -2.46. The van der Waals surface area contributed by atoms with E-state index in [1.807, 2.05) is 30.3 Å². The highest BCUT2D eigenvalue weighted by Gasteiger charge is 2.20. The van der Waals surface area contributed by atoms with Gasteiger partial charge in [-0.15, -0.1) is 0 Å². The summed E-state index contributed by atoms with van der Waals surface area (Å²) in [6, 6.07) is 16.7. The summed E-state index contributed by atoms with van der Waals surface area (Å²) < 4.78 is 0. The Bertz CT molecular complexity index is 1400. The lowest BCUT2D eigenvalue weighted by Gasteiger charge is -2.23. The van der Waals surface area contributed by atoms with E-state index in [1.165, 1.54) is 6.20 Å². The van der Waals surface area contributed by atoms with Crippen molar-refractivity contribution in [2.45, 2.75) is 18.9 Å². The summed E-state index contributed by atoms with van der Waals surface area (Å²) in [4.78, 5) is 38.6. The summed E-state index contributed by atoms with van der Waals surface area (Å²) in [5.41, 5.74) is 9.09. The maximum absolute atomic E-state index is 12.8. The Hall–Kier alpha value is -4.37. The van der Waals surface area contributed by atoms with E-state index < -0.39 is 0 Å². The molecular formula is C26H25N7O2. The van der Waals surface area contributed by atoms with Gasteiger partial charge in [-0.25, -0.2) is 9.97 Å². The van der Waals surface area contributed by atoms with Crippen LogP contribution in [0.5, 0.6) is 0 Å². The standard InChI is InChI=1S/C26H25N7O2/c27-24-23(26(35)32-20-8-4-10-28-14-20)33-22(15-30-24)17-6-3-7-19(12-17)31-25(34)18-11-16-5-1-2-9-21(16)29-13-18/h1-3,5-7,9,11-13,15,20,28H,4,8,10,14H2,(H2,27,30)(H,31,34)(H,32,35)/t20-/m0/s1. The van der Waals surface area contributed by atoms with E-state index in [4.69, 9.17) is 5.73 Å². The molecule has 9 heteroatoms. The van der Waals surface area contributed by atoms with Crippen molar-refractivity contribution in [3.63, 3.8) is 0 Å². The van der Waals surface area contributed by atoms with Crippen molar-refractivity contribution in [3.8, 4) is 11.3 Å². The topological polar surface area (TPSA) is 135 Å². The van der Waals surface area contributed by atoms with E-state index >= 15 is 0 Å². The van der Waals surface area contributed by atoms with Crippen molar-refractivity contribution in [2.75, 3.05) is 24.1 Å². The summed E-state index contributed by atoms with van der Waals surface area (Å²) in [6.45, 7) is 1.67. The highest BCUT2D eigenvalue weighted by atomic mass is 16.2. The number of hydrogen-bond acceptors (Lipinski definition) is 7.